The Morgan fingerprint density at radius 2 is 2.33 bits per heavy atom. The van der Waals surface area contributed by atoms with Gasteiger partial charge in [-0.25, -0.2) is 0 Å². The third-order valence-electron chi connectivity index (χ3n) is 3.14. The molecule has 4 heteroatoms. The van der Waals surface area contributed by atoms with E-state index >= 15 is 0 Å². The fourth-order valence-corrected chi connectivity index (χ4v) is 2.02. The van der Waals surface area contributed by atoms with Crippen molar-refractivity contribution in [1.29, 1.82) is 0 Å². The van der Waals surface area contributed by atoms with E-state index in [0.29, 0.717) is 5.92 Å². The van der Waals surface area contributed by atoms with E-state index in [9.17, 15) is 0 Å². The average molecular weight is 208 g/mol. The van der Waals surface area contributed by atoms with Crippen molar-refractivity contribution in [3.8, 4) is 0 Å². The fraction of sp³-hybridized carbons (Fsp3) is 0.727. The van der Waals surface area contributed by atoms with Crippen LogP contribution in [0.1, 0.15) is 36.5 Å². The van der Waals surface area contributed by atoms with Gasteiger partial charge in [-0.3, -0.25) is 0 Å². The van der Waals surface area contributed by atoms with Gasteiger partial charge in [0.2, 0.25) is 0 Å². The van der Waals surface area contributed by atoms with Crippen molar-refractivity contribution < 1.29 is 9.26 Å². The second kappa shape index (κ2) is 3.94. The lowest BCUT2D eigenvalue weighted by Crippen LogP contribution is -2.16. The van der Waals surface area contributed by atoms with E-state index in [1.54, 1.807) is 0 Å². The van der Waals surface area contributed by atoms with Crippen LogP contribution in [0.2, 0.25) is 0 Å². The van der Waals surface area contributed by atoms with Crippen LogP contribution in [0.3, 0.4) is 0 Å². The molecule has 15 heavy (non-hydrogen) atoms. The number of hydrogen-bond acceptors (Lipinski definition) is 4. The quantitative estimate of drug-likeness (QED) is 0.813. The van der Waals surface area contributed by atoms with Gasteiger partial charge in [0.25, 0.3) is 0 Å². The zero-order valence-electron chi connectivity index (χ0n) is 8.74. The molecule has 2 fully saturated rings. The molecule has 4 nitrogen and oxygen atoms in total. The topological polar surface area (TPSA) is 47.3 Å². The summed E-state index contributed by atoms with van der Waals surface area (Å²) < 4.78 is 10.7. The molecule has 0 bridgehead atoms. The molecule has 1 N–H and O–H groups in total. The summed E-state index contributed by atoms with van der Waals surface area (Å²) in [7, 11) is 0. The molecular formula is C11H16N2O2. The van der Waals surface area contributed by atoms with Crippen LogP contribution in [0.5, 0.6) is 0 Å². The second-order valence-corrected chi connectivity index (χ2v) is 4.43. The Kier molecular flexibility index (Phi) is 2.46. The van der Waals surface area contributed by atoms with E-state index in [2.05, 4.69) is 10.5 Å². The normalized spacial score (nSPS) is 26.0. The number of hydrogen-bond donors (Lipinski definition) is 1. The summed E-state index contributed by atoms with van der Waals surface area (Å²) in [6, 6.07) is 0.729. The monoisotopic (exact) mass is 208 g/mol. The van der Waals surface area contributed by atoms with Crippen LogP contribution in [0.15, 0.2) is 10.7 Å². The molecule has 82 valence electrons. The minimum atomic E-state index is 0.420. The van der Waals surface area contributed by atoms with Crippen molar-refractivity contribution in [1.82, 2.24) is 10.5 Å². The summed E-state index contributed by atoms with van der Waals surface area (Å²) in [5, 5.41) is 7.38. The molecule has 0 spiro atoms. The van der Waals surface area contributed by atoms with Crippen molar-refractivity contribution in [2.75, 3.05) is 13.2 Å². The van der Waals surface area contributed by atoms with Crippen molar-refractivity contribution >= 4 is 0 Å². The first-order chi connectivity index (χ1) is 7.43. The number of nitrogens with one attached hydrogen (secondary N) is 1. The van der Waals surface area contributed by atoms with E-state index < -0.39 is 0 Å². The van der Waals surface area contributed by atoms with Gasteiger partial charge >= 0.3 is 0 Å². The average Bonchev–Trinajstić information content (AvgIpc) is 2.79. The summed E-state index contributed by atoms with van der Waals surface area (Å²) in [6.07, 6.45) is 5.52. The largest absolute Gasteiger partial charge is 0.381 e. The first kappa shape index (κ1) is 9.36. The second-order valence-electron chi connectivity index (χ2n) is 4.43. The van der Waals surface area contributed by atoms with Gasteiger partial charge in [-0.2, -0.15) is 0 Å². The number of aromatic nitrogens is 1. The lowest BCUT2D eigenvalue weighted by Gasteiger charge is -2.06. The Labute approximate surface area is 89.0 Å². The van der Waals surface area contributed by atoms with E-state index in [-0.39, 0.29) is 0 Å². The molecule has 3 rings (SSSR count). The first-order valence-electron chi connectivity index (χ1n) is 5.68. The van der Waals surface area contributed by atoms with Crippen LogP contribution >= 0.6 is 0 Å². The first-order valence-corrected chi connectivity index (χ1v) is 5.68. The SMILES string of the molecule is c1noc(C2CCOC2)c1CNC1CC1. The Bertz CT molecular complexity index is 327. The molecule has 1 atom stereocenters. The van der Waals surface area contributed by atoms with Crippen LogP contribution in [-0.2, 0) is 11.3 Å². The van der Waals surface area contributed by atoms with Crippen molar-refractivity contribution in [3.05, 3.63) is 17.5 Å². The summed E-state index contributed by atoms with van der Waals surface area (Å²) in [6.45, 7) is 2.52. The molecule has 2 aliphatic rings. The van der Waals surface area contributed by atoms with Gasteiger partial charge in [0.05, 0.1) is 12.8 Å². The van der Waals surface area contributed by atoms with Crippen molar-refractivity contribution in [2.24, 2.45) is 0 Å². The van der Waals surface area contributed by atoms with Crippen LogP contribution in [0, 0.1) is 0 Å². The Morgan fingerprint density at radius 1 is 1.40 bits per heavy atom. The van der Waals surface area contributed by atoms with Crippen LogP contribution < -0.4 is 5.32 Å². The zero-order valence-corrected chi connectivity index (χ0v) is 8.74. The maximum atomic E-state index is 5.37. The van der Waals surface area contributed by atoms with E-state index in [0.717, 1.165) is 38.0 Å². The molecule has 0 radical (unpaired) electrons. The number of rotatable bonds is 4. The summed E-state index contributed by atoms with van der Waals surface area (Å²) in [5.41, 5.74) is 1.21. The van der Waals surface area contributed by atoms with E-state index in [1.807, 2.05) is 6.20 Å². The molecule has 2 heterocycles. The Hall–Kier alpha value is -0.870. The summed E-state index contributed by atoms with van der Waals surface area (Å²) in [5.74, 6) is 1.45. The molecule has 1 aliphatic carbocycles. The highest BCUT2D eigenvalue weighted by Gasteiger charge is 2.26. The van der Waals surface area contributed by atoms with E-state index in [1.165, 1.54) is 18.4 Å². The van der Waals surface area contributed by atoms with E-state index in [4.69, 9.17) is 9.26 Å². The third-order valence-corrected chi connectivity index (χ3v) is 3.14. The van der Waals surface area contributed by atoms with Crippen molar-refractivity contribution in [3.63, 3.8) is 0 Å². The van der Waals surface area contributed by atoms with Gasteiger partial charge in [-0.15, -0.1) is 0 Å². The minimum Gasteiger partial charge on any atom is -0.381 e. The smallest absolute Gasteiger partial charge is 0.146 e. The Morgan fingerprint density at radius 3 is 3.07 bits per heavy atom. The van der Waals surface area contributed by atoms with Gasteiger partial charge in [0.15, 0.2) is 0 Å². The zero-order chi connectivity index (χ0) is 10.1. The maximum Gasteiger partial charge on any atom is 0.146 e. The molecule has 0 amide bonds. The van der Waals surface area contributed by atoms with Gasteiger partial charge < -0.3 is 14.6 Å². The molecule has 1 saturated heterocycles. The maximum absolute atomic E-state index is 5.37. The van der Waals surface area contributed by atoms with Crippen LogP contribution in [0.25, 0.3) is 0 Å². The minimum absolute atomic E-state index is 0.420. The predicted molar refractivity (Wildman–Crippen MR) is 54.5 cm³/mol. The molecule has 1 aromatic heterocycles. The van der Waals surface area contributed by atoms with Gasteiger partial charge in [-0.1, -0.05) is 5.16 Å². The summed E-state index contributed by atoms with van der Waals surface area (Å²) >= 11 is 0. The highest BCUT2D eigenvalue weighted by atomic mass is 16.5. The number of nitrogens with zero attached hydrogens (tertiary/aromatic N) is 1. The molecule has 1 aliphatic heterocycles. The van der Waals surface area contributed by atoms with Gasteiger partial charge in [0, 0.05) is 30.7 Å². The van der Waals surface area contributed by atoms with Gasteiger partial charge in [0.1, 0.15) is 5.76 Å². The van der Waals surface area contributed by atoms with Crippen LogP contribution in [-0.4, -0.2) is 24.4 Å². The van der Waals surface area contributed by atoms with Crippen LogP contribution in [0.4, 0.5) is 0 Å². The number of ether oxygens (including phenoxy) is 1. The van der Waals surface area contributed by atoms with Gasteiger partial charge in [-0.05, 0) is 19.3 Å². The summed E-state index contributed by atoms with van der Waals surface area (Å²) in [4.78, 5) is 0. The van der Waals surface area contributed by atoms with Crippen molar-refractivity contribution in [2.45, 2.75) is 37.8 Å². The third kappa shape index (κ3) is 2.06. The fourth-order valence-electron chi connectivity index (χ4n) is 2.02. The lowest BCUT2D eigenvalue weighted by molar-refractivity contribution is 0.189. The molecule has 1 aromatic rings. The molecular weight excluding hydrogens is 192 g/mol. The molecule has 0 aromatic carbocycles. The highest BCUT2D eigenvalue weighted by molar-refractivity contribution is 5.18. The molecule has 1 saturated carbocycles. The standard InChI is InChI=1S/C11H16N2O2/c1-2-10(1)12-5-9-6-13-15-11(9)8-3-4-14-7-8/h6,8,10,12H,1-5,7H2. The Balaban J connectivity index is 1.67. The molecule has 1 unspecified atom stereocenters. The lowest BCUT2D eigenvalue weighted by atomic mass is 10.0. The highest BCUT2D eigenvalue weighted by Crippen LogP contribution is 2.28. The predicted octanol–water partition coefficient (Wildman–Crippen LogP) is 1.43.